The van der Waals surface area contributed by atoms with Gasteiger partial charge < -0.3 is 163 Å². The zero-order valence-corrected chi connectivity index (χ0v) is 38.3. The molecular weight excluding hydrogens is 1010 g/mol. The van der Waals surface area contributed by atoms with Gasteiger partial charge in [0.15, 0.2) is 50.3 Å². The molecule has 33 nitrogen and oxygen atoms in total. The lowest BCUT2D eigenvalue weighted by molar-refractivity contribution is -0.380. The van der Waals surface area contributed by atoms with E-state index in [0.29, 0.717) is 0 Å². The Morgan fingerprint density at radius 1 is 0.205 bits per heavy atom. The maximum Gasteiger partial charge on any atom is 0.186 e. The Kier molecular flexibility index (Phi) is 19.6. The van der Waals surface area contributed by atoms with Crippen LogP contribution in [0.4, 0.5) is 0 Å². The van der Waals surface area contributed by atoms with Crippen molar-refractivity contribution in [1.82, 2.24) is 0 Å². The lowest BCUT2D eigenvalue weighted by atomic mass is 10.0. The maximum atomic E-state index is 11.5. The summed E-state index contributed by atoms with van der Waals surface area (Å²) >= 11 is 0. The van der Waals surface area contributed by atoms with Crippen LogP contribution in [0, 0.1) is 0 Å². The highest BCUT2D eigenvalue weighted by atomic mass is 16.8. The monoisotopic (exact) mass is 1070 g/mol. The van der Waals surface area contributed by atoms with Crippen molar-refractivity contribution in [2.45, 2.75) is 197 Å². The lowest BCUT2D eigenvalue weighted by Gasteiger charge is -2.47. The van der Waals surface area contributed by atoms with Crippen LogP contribution in [0.5, 0.6) is 0 Å². The third-order valence-electron chi connectivity index (χ3n) is 13.6. The number of rotatable bonds is 14. The van der Waals surface area contributed by atoms with Gasteiger partial charge in [0.25, 0.3) is 0 Å². The standard InChI is InChI=1S/C40H66O33/c41-9-1-60-34(24(51)17(9)44)70-15-7-66-40(30(57)31(15)72-37-25(52)18(45)10(42)2-61-37)69-14-6-63-35(27(54)22(14)49)67-13-5-64-36(28(55)21(13)48)71-16-8-65-39(68-12-4-59-33(58)23(50)20(12)47)29(56)32(16)73-38-26(53)19(46)11(43)3-62-38/h9-58H,1-8H2/t9-,10+,11+,12-,13-,14-,15-,16-,17+,18+,19+,20+,21+,22+,23-,24-,25-,26-,27-,28-,29-,30-,31+,32+,33-,34+,35+,36+,37+,38+,39+,40+/m1/s1. The fourth-order valence-corrected chi connectivity index (χ4v) is 9.11. The second-order valence-electron chi connectivity index (χ2n) is 18.8. The molecule has 424 valence electrons. The summed E-state index contributed by atoms with van der Waals surface area (Å²) in [6.07, 6.45) is -54.4. The zero-order valence-electron chi connectivity index (χ0n) is 38.3. The van der Waals surface area contributed by atoms with Gasteiger partial charge >= 0.3 is 0 Å². The third-order valence-corrected chi connectivity index (χ3v) is 13.6. The molecule has 0 aromatic carbocycles. The molecule has 0 amide bonds. The molecule has 0 unspecified atom stereocenters. The molecule has 73 heavy (non-hydrogen) atoms. The van der Waals surface area contributed by atoms with E-state index >= 15 is 0 Å². The molecule has 32 atom stereocenters. The predicted octanol–water partition coefficient (Wildman–Crippen LogP) is -13.3. The van der Waals surface area contributed by atoms with Crippen LogP contribution in [0.3, 0.4) is 0 Å². The van der Waals surface area contributed by atoms with Crippen LogP contribution in [-0.2, 0) is 71.1 Å². The molecule has 0 aliphatic carbocycles. The van der Waals surface area contributed by atoms with Gasteiger partial charge in [-0.3, -0.25) is 0 Å². The van der Waals surface area contributed by atoms with Gasteiger partial charge in [0.2, 0.25) is 0 Å². The summed E-state index contributed by atoms with van der Waals surface area (Å²) in [5.41, 5.74) is 0. The molecule has 0 radical (unpaired) electrons. The van der Waals surface area contributed by atoms with Crippen molar-refractivity contribution in [3.05, 3.63) is 0 Å². The summed E-state index contributed by atoms with van der Waals surface area (Å²) in [5.74, 6) is 0. The summed E-state index contributed by atoms with van der Waals surface area (Å²) in [6, 6.07) is 0. The Morgan fingerprint density at radius 3 is 0.781 bits per heavy atom. The molecule has 8 saturated heterocycles. The normalized spacial score (nSPS) is 54.5. The summed E-state index contributed by atoms with van der Waals surface area (Å²) in [6.45, 7) is -4.22. The van der Waals surface area contributed by atoms with Crippen LogP contribution in [0.15, 0.2) is 0 Å². The highest BCUT2D eigenvalue weighted by molar-refractivity contribution is 4.96. The molecule has 18 N–H and O–H groups in total. The molecule has 8 aliphatic rings. The van der Waals surface area contributed by atoms with E-state index < -0.39 is 250 Å². The molecule has 8 rings (SSSR count). The highest BCUT2D eigenvalue weighted by Crippen LogP contribution is 2.34. The summed E-state index contributed by atoms with van der Waals surface area (Å²) in [5, 5.41) is 190. The van der Waals surface area contributed by atoms with E-state index in [0.717, 1.165) is 0 Å². The van der Waals surface area contributed by atoms with Crippen LogP contribution >= 0.6 is 0 Å². The predicted molar refractivity (Wildman–Crippen MR) is 216 cm³/mol. The van der Waals surface area contributed by atoms with E-state index in [1.54, 1.807) is 0 Å². The van der Waals surface area contributed by atoms with Crippen molar-refractivity contribution in [2.75, 3.05) is 52.9 Å². The van der Waals surface area contributed by atoms with Crippen molar-refractivity contribution in [2.24, 2.45) is 0 Å². The second-order valence-corrected chi connectivity index (χ2v) is 18.8. The number of aliphatic hydroxyl groups excluding tert-OH is 18. The molecule has 8 aliphatic heterocycles. The largest absolute Gasteiger partial charge is 0.388 e. The topological polar surface area (TPSA) is 503 Å². The van der Waals surface area contributed by atoms with Crippen LogP contribution in [-0.4, -0.2) is 342 Å². The Labute approximate surface area is 412 Å². The van der Waals surface area contributed by atoms with Crippen molar-refractivity contribution < 1.29 is 163 Å². The second kappa shape index (κ2) is 24.8. The van der Waals surface area contributed by atoms with Crippen LogP contribution in [0.1, 0.15) is 0 Å². The van der Waals surface area contributed by atoms with Gasteiger partial charge in [-0.25, -0.2) is 0 Å². The molecule has 0 aromatic heterocycles. The molecule has 0 bridgehead atoms. The van der Waals surface area contributed by atoms with Gasteiger partial charge in [-0.15, -0.1) is 0 Å². The lowest BCUT2D eigenvalue weighted by Crippen LogP contribution is -2.65. The first-order valence-electron chi connectivity index (χ1n) is 23.4. The summed E-state index contributed by atoms with van der Waals surface area (Å²) in [7, 11) is 0. The first kappa shape index (κ1) is 57.8. The van der Waals surface area contributed by atoms with Crippen molar-refractivity contribution in [3.8, 4) is 0 Å². The molecule has 8 fully saturated rings. The minimum absolute atomic E-state index is 0.462. The fourth-order valence-electron chi connectivity index (χ4n) is 9.11. The van der Waals surface area contributed by atoms with E-state index in [4.69, 9.17) is 71.1 Å². The minimum Gasteiger partial charge on any atom is -0.388 e. The Balaban J connectivity index is 0.866. The van der Waals surface area contributed by atoms with E-state index in [-0.39, 0.29) is 0 Å². The molecule has 0 aromatic rings. The van der Waals surface area contributed by atoms with Crippen LogP contribution < -0.4 is 0 Å². The smallest absolute Gasteiger partial charge is 0.186 e. The summed E-state index contributed by atoms with van der Waals surface area (Å²) < 4.78 is 83.9. The zero-order chi connectivity index (χ0) is 52.7. The van der Waals surface area contributed by atoms with Gasteiger partial charge in [0.1, 0.15) is 146 Å². The SMILES string of the molecule is O[C@@H]1[C@@H](O)[C@H](O[C@@H]2CO[C@@H](O[C@@H]3CO[C@@H](O[C@@H]4CO[C@@H](O[C@@H]5CO[C@@H](O[C@@H]6CO[C@@H](O)[C@H](O)[C@H]6O)[C@H](O)[C@H]5O[C@@H]5OC[C@H](O)[C@H](O)[C@H]5O)[C@H](O)[C@H]4O)[C@H](O)[C@H]3O)[C@H](O)[C@H]2O[C@@H]2OC[C@H](O)[C@H](O)[C@H]2O)OC[C@H]1O. The molecule has 33 heteroatoms. The Bertz CT molecular complexity index is 1710. The van der Waals surface area contributed by atoms with E-state index in [1.807, 2.05) is 0 Å². The molecule has 0 saturated carbocycles. The molecule has 0 spiro atoms. The summed E-state index contributed by atoms with van der Waals surface area (Å²) in [4.78, 5) is 0. The molecular formula is C40H66O33. The molecule has 8 heterocycles. The van der Waals surface area contributed by atoms with Gasteiger partial charge in [-0.05, 0) is 0 Å². The van der Waals surface area contributed by atoms with Gasteiger partial charge in [-0.1, -0.05) is 0 Å². The Hall–Kier alpha value is -1.32. The van der Waals surface area contributed by atoms with Crippen molar-refractivity contribution >= 4 is 0 Å². The van der Waals surface area contributed by atoms with Crippen LogP contribution in [0.25, 0.3) is 0 Å². The number of hydrogen-bond donors (Lipinski definition) is 18. The average molecular weight is 1070 g/mol. The van der Waals surface area contributed by atoms with E-state index in [2.05, 4.69) is 0 Å². The first-order valence-corrected chi connectivity index (χ1v) is 23.4. The van der Waals surface area contributed by atoms with Crippen LogP contribution in [0.2, 0.25) is 0 Å². The van der Waals surface area contributed by atoms with Crippen molar-refractivity contribution in [3.63, 3.8) is 0 Å². The quantitative estimate of drug-likeness (QED) is 0.0768. The van der Waals surface area contributed by atoms with Gasteiger partial charge in [0.05, 0.1) is 52.9 Å². The first-order chi connectivity index (χ1) is 34.6. The fraction of sp³-hybridized carbons (Fsp3) is 1.00. The van der Waals surface area contributed by atoms with Gasteiger partial charge in [0, 0.05) is 0 Å². The van der Waals surface area contributed by atoms with Crippen molar-refractivity contribution in [1.29, 1.82) is 0 Å². The van der Waals surface area contributed by atoms with E-state index in [1.165, 1.54) is 0 Å². The number of aliphatic hydroxyl groups is 18. The third kappa shape index (κ3) is 12.6. The average Bonchev–Trinajstić information content (AvgIpc) is 3.37. The van der Waals surface area contributed by atoms with Gasteiger partial charge in [-0.2, -0.15) is 0 Å². The Morgan fingerprint density at radius 2 is 0.438 bits per heavy atom. The highest BCUT2D eigenvalue weighted by Gasteiger charge is 2.54. The number of ether oxygens (including phenoxy) is 15. The number of hydrogen-bond acceptors (Lipinski definition) is 33. The minimum atomic E-state index is -1.98. The maximum absolute atomic E-state index is 11.5. The van der Waals surface area contributed by atoms with E-state index in [9.17, 15) is 91.9 Å².